The Morgan fingerprint density at radius 2 is 2.00 bits per heavy atom. The number of hydrogen-bond acceptors (Lipinski definition) is 4. The summed E-state index contributed by atoms with van der Waals surface area (Å²) in [6, 6.07) is 6.97. The SMILES string of the molecule is Cc1cc(OCC(=O)Nc2nc(-c3ccc(Cl)cc3Cl)cs2)c(Br)c(C)c1Cl. The average molecular weight is 521 g/mol. The van der Waals surface area contributed by atoms with E-state index in [4.69, 9.17) is 39.5 Å². The largest absolute Gasteiger partial charge is 0.483 e. The van der Waals surface area contributed by atoms with E-state index in [0.717, 1.165) is 21.2 Å². The fourth-order valence-electron chi connectivity index (χ4n) is 2.46. The van der Waals surface area contributed by atoms with Crippen LogP contribution < -0.4 is 10.1 Å². The van der Waals surface area contributed by atoms with Gasteiger partial charge in [0.1, 0.15) is 5.75 Å². The lowest BCUT2D eigenvalue weighted by Crippen LogP contribution is -2.20. The first kappa shape index (κ1) is 21.4. The van der Waals surface area contributed by atoms with Crippen molar-refractivity contribution in [2.24, 2.45) is 0 Å². The van der Waals surface area contributed by atoms with Crippen LogP contribution in [-0.4, -0.2) is 17.5 Å². The number of aryl methyl sites for hydroxylation is 1. The minimum Gasteiger partial charge on any atom is -0.483 e. The number of halogens is 4. The van der Waals surface area contributed by atoms with Crippen LogP contribution in [0.5, 0.6) is 5.75 Å². The number of hydrogen-bond donors (Lipinski definition) is 1. The van der Waals surface area contributed by atoms with E-state index in [-0.39, 0.29) is 12.5 Å². The minimum absolute atomic E-state index is 0.157. The number of aromatic nitrogens is 1. The van der Waals surface area contributed by atoms with E-state index in [1.807, 2.05) is 19.2 Å². The van der Waals surface area contributed by atoms with E-state index < -0.39 is 0 Å². The molecular formula is C19H14BrCl3N2O2S. The molecule has 0 aliphatic carbocycles. The van der Waals surface area contributed by atoms with Gasteiger partial charge in [-0.15, -0.1) is 11.3 Å². The third-order valence-electron chi connectivity index (χ3n) is 3.89. The number of thiazole rings is 1. The Labute approximate surface area is 189 Å². The lowest BCUT2D eigenvalue weighted by Gasteiger charge is -2.12. The van der Waals surface area contributed by atoms with Gasteiger partial charge >= 0.3 is 0 Å². The summed E-state index contributed by atoms with van der Waals surface area (Å²) in [7, 11) is 0. The van der Waals surface area contributed by atoms with Gasteiger partial charge in [0.15, 0.2) is 11.7 Å². The molecule has 0 radical (unpaired) electrons. The molecule has 3 aromatic rings. The molecule has 0 fully saturated rings. The van der Waals surface area contributed by atoms with Gasteiger partial charge in [-0.1, -0.05) is 34.8 Å². The van der Waals surface area contributed by atoms with Crippen molar-refractivity contribution in [3.05, 3.63) is 60.3 Å². The van der Waals surface area contributed by atoms with Gasteiger partial charge in [0, 0.05) is 21.0 Å². The van der Waals surface area contributed by atoms with Gasteiger partial charge in [-0.2, -0.15) is 0 Å². The van der Waals surface area contributed by atoms with Crippen molar-refractivity contribution in [2.45, 2.75) is 13.8 Å². The molecule has 0 atom stereocenters. The molecule has 1 N–H and O–H groups in total. The molecule has 28 heavy (non-hydrogen) atoms. The number of benzene rings is 2. The predicted molar refractivity (Wildman–Crippen MR) is 120 cm³/mol. The van der Waals surface area contributed by atoms with Gasteiger partial charge in [0.2, 0.25) is 0 Å². The highest BCUT2D eigenvalue weighted by molar-refractivity contribution is 9.10. The number of carbonyl (C=O) groups excluding carboxylic acids is 1. The van der Waals surface area contributed by atoms with Crippen molar-refractivity contribution in [3.8, 4) is 17.0 Å². The van der Waals surface area contributed by atoms with E-state index >= 15 is 0 Å². The molecule has 0 saturated carbocycles. The normalized spacial score (nSPS) is 10.8. The van der Waals surface area contributed by atoms with Crippen LogP contribution in [0.25, 0.3) is 11.3 Å². The first-order valence-corrected chi connectivity index (χ1v) is 10.9. The number of amides is 1. The molecule has 9 heteroatoms. The van der Waals surface area contributed by atoms with Crippen molar-refractivity contribution in [1.29, 1.82) is 0 Å². The van der Waals surface area contributed by atoms with Gasteiger partial charge in [-0.25, -0.2) is 4.98 Å². The number of nitrogens with zero attached hydrogens (tertiary/aromatic N) is 1. The molecule has 0 aliphatic rings. The molecule has 0 saturated heterocycles. The zero-order valence-corrected chi connectivity index (χ0v) is 19.4. The van der Waals surface area contributed by atoms with Crippen molar-refractivity contribution in [3.63, 3.8) is 0 Å². The maximum absolute atomic E-state index is 12.2. The molecule has 2 aromatic carbocycles. The topological polar surface area (TPSA) is 51.2 Å². The highest BCUT2D eigenvalue weighted by Crippen LogP contribution is 2.36. The molecule has 3 rings (SSSR count). The molecule has 146 valence electrons. The van der Waals surface area contributed by atoms with Crippen LogP contribution in [0.4, 0.5) is 5.13 Å². The third-order valence-corrected chi connectivity index (χ3v) is 6.76. The van der Waals surface area contributed by atoms with Gasteiger partial charge in [0.25, 0.3) is 5.91 Å². The number of nitrogens with one attached hydrogen (secondary N) is 1. The molecule has 0 unspecified atom stereocenters. The smallest absolute Gasteiger partial charge is 0.264 e. The summed E-state index contributed by atoms with van der Waals surface area (Å²) in [6.07, 6.45) is 0. The maximum atomic E-state index is 12.2. The average Bonchev–Trinajstić information content (AvgIpc) is 3.10. The van der Waals surface area contributed by atoms with Crippen LogP contribution in [-0.2, 0) is 4.79 Å². The first-order valence-electron chi connectivity index (χ1n) is 8.05. The van der Waals surface area contributed by atoms with Crippen LogP contribution in [0, 0.1) is 13.8 Å². The molecule has 1 aromatic heterocycles. The van der Waals surface area contributed by atoms with Crippen molar-refractivity contribution >= 4 is 73.1 Å². The van der Waals surface area contributed by atoms with E-state index in [0.29, 0.717) is 31.6 Å². The van der Waals surface area contributed by atoms with Gasteiger partial charge in [0.05, 0.1) is 15.2 Å². The summed E-state index contributed by atoms with van der Waals surface area (Å²) in [4.78, 5) is 16.6. The molecule has 4 nitrogen and oxygen atoms in total. The van der Waals surface area contributed by atoms with Crippen LogP contribution >= 0.6 is 62.1 Å². The van der Waals surface area contributed by atoms with Gasteiger partial charge in [-0.3, -0.25) is 10.1 Å². The summed E-state index contributed by atoms with van der Waals surface area (Å²) in [5.74, 6) is 0.239. The fraction of sp³-hybridized carbons (Fsp3) is 0.158. The van der Waals surface area contributed by atoms with E-state index in [1.165, 1.54) is 11.3 Å². The quantitative estimate of drug-likeness (QED) is 0.388. The Bertz CT molecular complexity index is 1060. The Balaban J connectivity index is 1.66. The summed E-state index contributed by atoms with van der Waals surface area (Å²) in [6.45, 7) is 3.61. The lowest BCUT2D eigenvalue weighted by molar-refractivity contribution is -0.118. The summed E-state index contributed by atoms with van der Waals surface area (Å²) in [5.41, 5.74) is 3.15. The second-order valence-electron chi connectivity index (χ2n) is 5.94. The van der Waals surface area contributed by atoms with E-state index in [1.54, 1.807) is 24.3 Å². The van der Waals surface area contributed by atoms with Crippen molar-refractivity contribution in [2.75, 3.05) is 11.9 Å². The minimum atomic E-state index is -0.319. The van der Waals surface area contributed by atoms with Gasteiger partial charge in [-0.05, 0) is 65.2 Å². The van der Waals surface area contributed by atoms with Crippen LogP contribution in [0.1, 0.15) is 11.1 Å². The molecule has 1 heterocycles. The number of rotatable bonds is 5. The van der Waals surface area contributed by atoms with Crippen LogP contribution in [0.2, 0.25) is 15.1 Å². The highest BCUT2D eigenvalue weighted by atomic mass is 79.9. The van der Waals surface area contributed by atoms with Crippen molar-refractivity contribution < 1.29 is 9.53 Å². The zero-order chi connectivity index (χ0) is 20.4. The Hall–Kier alpha value is -1.31. The third kappa shape index (κ3) is 4.81. The highest BCUT2D eigenvalue weighted by Gasteiger charge is 2.14. The summed E-state index contributed by atoms with van der Waals surface area (Å²) in [5, 5.41) is 6.71. The number of anilines is 1. The molecule has 0 aliphatic heterocycles. The van der Waals surface area contributed by atoms with Gasteiger partial charge < -0.3 is 4.74 Å². The van der Waals surface area contributed by atoms with Crippen LogP contribution in [0.3, 0.4) is 0 Å². The zero-order valence-electron chi connectivity index (χ0n) is 14.8. The van der Waals surface area contributed by atoms with Crippen molar-refractivity contribution in [1.82, 2.24) is 4.98 Å². The second-order valence-corrected chi connectivity index (χ2v) is 8.82. The summed E-state index contributed by atoms with van der Waals surface area (Å²) >= 11 is 23.1. The van der Waals surface area contributed by atoms with E-state index in [9.17, 15) is 4.79 Å². The molecule has 1 amide bonds. The predicted octanol–water partition coefficient (Wildman–Crippen LogP) is 7.17. The first-order chi connectivity index (χ1) is 13.3. The standard InChI is InChI=1S/C19H14BrCl3N2O2S/c1-9-5-15(17(20)10(2)18(9)23)27-7-16(26)25-19-24-14(8-28-19)12-4-3-11(21)6-13(12)22/h3-6,8H,7H2,1-2H3,(H,24,25,26). The Morgan fingerprint density at radius 1 is 1.25 bits per heavy atom. The monoisotopic (exact) mass is 518 g/mol. The molecule has 0 spiro atoms. The molecular weight excluding hydrogens is 507 g/mol. The van der Waals surface area contributed by atoms with Crippen LogP contribution in [0.15, 0.2) is 34.1 Å². The lowest BCUT2D eigenvalue weighted by atomic mass is 10.1. The number of carbonyl (C=O) groups is 1. The Morgan fingerprint density at radius 3 is 2.71 bits per heavy atom. The maximum Gasteiger partial charge on any atom is 0.264 e. The second kappa shape index (κ2) is 9.01. The Kier molecular flexibility index (Phi) is 6.89. The summed E-state index contributed by atoms with van der Waals surface area (Å²) < 4.78 is 6.36. The fourth-order valence-corrected chi connectivity index (χ4v) is 4.38. The number of ether oxygens (including phenoxy) is 1. The molecule has 0 bridgehead atoms. The van der Waals surface area contributed by atoms with E-state index in [2.05, 4.69) is 26.2 Å².